The second-order valence-corrected chi connectivity index (χ2v) is 5.56. The molecule has 0 radical (unpaired) electrons. The third-order valence-electron chi connectivity index (χ3n) is 1.87. The Morgan fingerprint density at radius 3 is 1.93 bits per heavy atom. The van der Waals surface area contributed by atoms with Crippen LogP contribution in [0.1, 0.15) is 26.3 Å². The Morgan fingerprint density at radius 2 is 1.57 bits per heavy atom. The van der Waals surface area contributed by atoms with E-state index in [4.69, 9.17) is 0 Å². The molecule has 4 heteroatoms. The van der Waals surface area contributed by atoms with Gasteiger partial charge in [-0.15, -0.1) is 3.07 Å². The van der Waals surface area contributed by atoms with Crippen LogP contribution in [-0.2, 0) is 5.41 Å². The first-order valence-corrected chi connectivity index (χ1v) is 6.88. The van der Waals surface area contributed by atoms with Crippen LogP contribution in [0.3, 0.4) is 0 Å². The van der Waals surface area contributed by atoms with E-state index in [0.29, 0.717) is 5.75 Å². The fourth-order valence-electron chi connectivity index (χ4n) is 1.08. The maximum Gasteiger partial charge on any atom is 0.570 e. The average molecular weight is 308 g/mol. The first-order valence-electron chi connectivity index (χ1n) is 4.24. The molecular weight excluding hydrogens is 295 g/mol. The number of benzene rings is 1. The van der Waals surface area contributed by atoms with E-state index in [0.717, 1.165) is 5.56 Å². The van der Waals surface area contributed by atoms with Gasteiger partial charge in [0.2, 0.25) is 5.75 Å². The molecule has 0 saturated carbocycles. The molecule has 0 amide bonds. The largest absolute Gasteiger partial charge is 0.570 e. The predicted molar refractivity (Wildman–Crippen MR) is 45.8 cm³/mol. The van der Waals surface area contributed by atoms with Crippen molar-refractivity contribution in [1.82, 2.24) is 0 Å². The Balaban J connectivity index is 2.79. The van der Waals surface area contributed by atoms with E-state index >= 15 is 0 Å². The zero-order chi connectivity index (χ0) is 10.8. The Morgan fingerprint density at radius 1 is 1.07 bits per heavy atom. The van der Waals surface area contributed by atoms with Crippen LogP contribution < -0.4 is 31.0 Å². The van der Waals surface area contributed by atoms with Crippen molar-refractivity contribution in [3.63, 3.8) is 0 Å². The molecule has 0 aliphatic rings. The van der Waals surface area contributed by atoms with Crippen LogP contribution in [0, 0.1) is 0 Å². The molecule has 0 aliphatic heterocycles. The summed E-state index contributed by atoms with van der Waals surface area (Å²) in [5.41, 5.74) is 1.23. The van der Waals surface area contributed by atoms with Gasteiger partial charge in [-0.3, -0.25) is 0 Å². The molecule has 0 fully saturated rings. The summed E-state index contributed by atoms with van der Waals surface area (Å²) in [6.45, 7) is 6.30. The molecule has 14 heavy (non-hydrogen) atoms. The van der Waals surface area contributed by atoms with Gasteiger partial charge < -0.3 is 6.87 Å². The van der Waals surface area contributed by atoms with Crippen molar-refractivity contribution < 1.29 is 31.0 Å². The molecule has 0 spiro atoms. The minimum atomic E-state index is -3.61. The maximum absolute atomic E-state index is 10.4. The minimum Gasteiger partial charge on any atom is -0.385 e. The lowest BCUT2D eigenvalue weighted by atomic mass is 9.87. The molecule has 0 bridgehead atoms. The zero-order valence-electron chi connectivity index (χ0n) is 8.41. The summed E-state index contributed by atoms with van der Waals surface area (Å²) >= 11 is -3.61. The minimum absolute atomic E-state index is 0.0752. The van der Waals surface area contributed by atoms with E-state index in [1.807, 2.05) is 12.1 Å². The lowest BCUT2D eigenvalue weighted by molar-refractivity contribution is -1.62. The highest BCUT2D eigenvalue weighted by atomic mass is 127. The lowest BCUT2D eigenvalue weighted by Crippen LogP contribution is -4.00. The van der Waals surface area contributed by atoms with Crippen molar-refractivity contribution in [2.75, 3.05) is 0 Å². The highest BCUT2D eigenvalue weighted by Crippen LogP contribution is 2.23. The molecule has 0 unspecified atom stereocenters. The Hall–Kier alpha value is -0.330. The standard InChI is InChI=1S/C10H13IO3/c1-10(2,3)8-4-6-9(7-5-8)14-11(12)13/h4-7H,1-3H3. The highest BCUT2D eigenvalue weighted by Gasteiger charge is 2.16. The number of halogens is 1. The number of hydrogen-bond acceptors (Lipinski definition) is 3. The topological polar surface area (TPSA) is 55.3 Å². The van der Waals surface area contributed by atoms with Gasteiger partial charge in [-0.1, -0.05) is 32.9 Å². The van der Waals surface area contributed by atoms with Crippen molar-refractivity contribution in [3.05, 3.63) is 29.8 Å². The third kappa shape index (κ3) is 3.43. The van der Waals surface area contributed by atoms with Crippen molar-refractivity contribution in [2.24, 2.45) is 0 Å². The first-order chi connectivity index (χ1) is 6.39. The maximum atomic E-state index is 10.4. The quantitative estimate of drug-likeness (QED) is 0.566. The molecular formula is C10H13IO3. The first kappa shape index (κ1) is 11.7. The zero-order valence-corrected chi connectivity index (χ0v) is 10.6. The molecule has 0 heterocycles. The Labute approximate surface area is 92.8 Å². The Bertz CT molecular complexity index is 287. The smallest absolute Gasteiger partial charge is 0.385 e. The van der Waals surface area contributed by atoms with Gasteiger partial charge >= 0.3 is 21.1 Å². The van der Waals surface area contributed by atoms with Gasteiger partial charge in [-0.2, -0.15) is 0 Å². The molecule has 0 atom stereocenters. The van der Waals surface area contributed by atoms with E-state index in [-0.39, 0.29) is 5.41 Å². The molecule has 0 aliphatic carbocycles. The van der Waals surface area contributed by atoms with Gasteiger partial charge in [-0.05, 0) is 23.1 Å². The molecule has 1 rings (SSSR count). The fourth-order valence-corrected chi connectivity index (χ4v) is 1.79. The van der Waals surface area contributed by atoms with E-state index in [1.165, 1.54) is 0 Å². The van der Waals surface area contributed by atoms with Crippen LogP contribution in [-0.4, -0.2) is 0 Å². The SMILES string of the molecule is CC(C)(C)c1ccc(O[I+2]([O-])[O-])cc1. The van der Waals surface area contributed by atoms with Crippen molar-refractivity contribution in [3.8, 4) is 5.75 Å². The van der Waals surface area contributed by atoms with Crippen molar-refractivity contribution >= 4 is 0 Å². The van der Waals surface area contributed by atoms with Gasteiger partial charge in [0, 0.05) is 0 Å². The van der Waals surface area contributed by atoms with Crippen molar-refractivity contribution in [2.45, 2.75) is 26.2 Å². The van der Waals surface area contributed by atoms with Gasteiger partial charge in [0.1, 0.15) is 0 Å². The normalized spacial score (nSPS) is 11.9. The molecule has 0 N–H and O–H groups in total. The molecule has 0 saturated heterocycles. The average Bonchev–Trinajstić information content (AvgIpc) is 2.02. The summed E-state index contributed by atoms with van der Waals surface area (Å²) in [4.78, 5) is 0. The van der Waals surface area contributed by atoms with Crippen LogP contribution in [0.15, 0.2) is 24.3 Å². The van der Waals surface area contributed by atoms with Crippen LogP contribution in [0.2, 0.25) is 0 Å². The van der Waals surface area contributed by atoms with E-state index in [1.54, 1.807) is 12.1 Å². The molecule has 0 aromatic heterocycles. The van der Waals surface area contributed by atoms with Gasteiger partial charge in [0.25, 0.3) is 0 Å². The van der Waals surface area contributed by atoms with E-state index in [2.05, 4.69) is 23.8 Å². The monoisotopic (exact) mass is 308 g/mol. The lowest BCUT2D eigenvalue weighted by Gasteiger charge is -2.18. The third-order valence-corrected chi connectivity index (χ3v) is 2.74. The van der Waals surface area contributed by atoms with Gasteiger partial charge in [0.15, 0.2) is 0 Å². The van der Waals surface area contributed by atoms with E-state index in [9.17, 15) is 6.87 Å². The fraction of sp³-hybridized carbons (Fsp3) is 0.400. The number of hydrogen-bond donors (Lipinski definition) is 0. The molecule has 3 nitrogen and oxygen atoms in total. The summed E-state index contributed by atoms with van der Waals surface area (Å²) in [7, 11) is 0. The summed E-state index contributed by atoms with van der Waals surface area (Å²) in [6, 6.07) is 7.13. The van der Waals surface area contributed by atoms with Crippen LogP contribution >= 0.6 is 0 Å². The molecule has 78 valence electrons. The summed E-state index contributed by atoms with van der Waals surface area (Å²) in [6.07, 6.45) is 0. The van der Waals surface area contributed by atoms with Crippen LogP contribution in [0.4, 0.5) is 0 Å². The van der Waals surface area contributed by atoms with Crippen LogP contribution in [0.25, 0.3) is 0 Å². The van der Waals surface area contributed by atoms with Gasteiger partial charge in [0.05, 0.1) is 0 Å². The summed E-state index contributed by atoms with van der Waals surface area (Å²) in [5.74, 6) is 0.396. The molecule has 1 aromatic carbocycles. The van der Waals surface area contributed by atoms with E-state index < -0.39 is 21.1 Å². The number of rotatable bonds is 2. The second kappa shape index (κ2) is 4.46. The highest BCUT2D eigenvalue weighted by molar-refractivity contribution is 5.30. The Kier molecular flexibility index (Phi) is 3.74. The predicted octanol–water partition coefficient (Wildman–Crippen LogP) is -2.55. The molecule has 1 aromatic rings. The summed E-state index contributed by atoms with van der Waals surface area (Å²) < 4.78 is 25.3. The van der Waals surface area contributed by atoms with Crippen molar-refractivity contribution in [1.29, 1.82) is 0 Å². The summed E-state index contributed by atoms with van der Waals surface area (Å²) in [5, 5.41) is 0. The van der Waals surface area contributed by atoms with Gasteiger partial charge in [-0.25, -0.2) is 0 Å². The second-order valence-electron chi connectivity index (χ2n) is 4.04. The van der Waals surface area contributed by atoms with Crippen LogP contribution in [0.5, 0.6) is 5.75 Å².